The van der Waals surface area contributed by atoms with Crippen LogP contribution in [0.1, 0.15) is 0 Å². The van der Waals surface area contributed by atoms with Crippen molar-refractivity contribution in [3.05, 3.63) is 24.5 Å². The first kappa shape index (κ1) is 7.05. The van der Waals surface area contributed by atoms with Gasteiger partial charge in [-0.3, -0.25) is 4.98 Å². The minimum absolute atomic E-state index is 0.206. The second kappa shape index (κ2) is 3.19. The number of hydrogen-bond donors (Lipinski definition) is 0. The molecule has 0 aromatic carbocycles. The molecule has 0 aliphatic rings. The van der Waals surface area contributed by atoms with Gasteiger partial charge < -0.3 is 14.7 Å². The van der Waals surface area contributed by atoms with Crippen molar-refractivity contribution in [2.24, 2.45) is 0 Å². The van der Waals surface area contributed by atoms with Crippen molar-refractivity contribution in [3.8, 4) is 5.75 Å². The zero-order valence-corrected chi connectivity index (χ0v) is 5.06. The zero-order chi connectivity index (χ0) is 7.40. The predicted molar refractivity (Wildman–Crippen MR) is 30.6 cm³/mol. The fourth-order valence-electron chi connectivity index (χ4n) is 0.528. The monoisotopic (exact) mass is 137 g/mol. The Bertz CT molecular complexity index is 191. The summed E-state index contributed by atoms with van der Waals surface area (Å²) in [5, 5.41) is 19.8. The Balaban J connectivity index is 2.59. The topological polar surface area (TPSA) is 68.2 Å². The van der Waals surface area contributed by atoms with Gasteiger partial charge in [-0.25, -0.2) is 0 Å². The van der Waals surface area contributed by atoms with Crippen LogP contribution in [0, 0.1) is 0 Å². The summed E-state index contributed by atoms with van der Waals surface area (Å²) in [5.74, 6) is 0.206. The third-order valence-electron chi connectivity index (χ3n) is 0.867. The van der Waals surface area contributed by atoms with Crippen molar-refractivity contribution in [1.82, 2.24) is 4.98 Å². The average molecular weight is 137 g/mol. The van der Waals surface area contributed by atoms with E-state index in [9.17, 15) is 10.0 Å². The SMILES string of the molecule is [O-]B([O-])Oc1cccnc1. The highest BCUT2D eigenvalue weighted by Gasteiger charge is 1.85. The number of pyridine rings is 1. The van der Waals surface area contributed by atoms with Crippen LogP contribution in [0.15, 0.2) is 24.5 Å². The molecule has 1 heterocycles. The van der Waals surface area contributed by atoms with Crippen molar-refractivity contribution in [1.29, 1.82) is 0 Å². The molecule has 1 rings (SSSR count). The molecule has 0 spiro atoms. The number of hydrogen-bond acceptors (Lipinski definition) is 4. The first-order valence-corrected chi connectivity index (χ1v) is 2.67. The fraction of sp³-hybridized carbons (Fsp3) is 0. The van der Waals surface area contributed by atoms with Crippen molar-refractivity contribution in [2.45, 2.75) is 0 Å². The van der Waals surface area contributed by atoms with Crippen LogP contribution >= 0.6 is 0 Å². The van der Waals surface area contributed by atoms with Crippen LogP contribution in [0.25, 0.3) is 0 Å². The van der Waals surface area contributed by atoms with E-state index in [1.807, 2.05) is 0 Å². The number of nitrogens with zero attached hydrogens (tertiary/aromatic N) is 1. The van der Waals surface area contributed by atoms with E-state index >= 15 is 0 Å². The molecule has 0 N–H and O–H groups in total. The third-order valence-corrected chi connectivity index (χ3v) is 0.867. The molecule has 0 amide bonds. The van der Waals surface area contributed by atoms with Crippen LogP contribution in [0.2, 0.25) is 0 Å². The molecule has 0 bridgehead atoms. The van der Waals surface area contributed by atoms with E-state index in [4.69, 9.17) is 0 Å². The van der Waals surface area contributed by atoms with E-state index in [1.54, 1.807) is 6.07 Å². The minimum atomic E-state index is -2.27. The average Bonchev–Trinajstić information content (AvgIpc) is 1.88. The molecule has 5 heteroatoms. The largest absolute Gasteiger partial charge is 0.860 e. The quantitative estimate of drug-likeness (QED) is 0.449. The summed E-state index contributed by atoms with van der Waals surface area (Å²) in [7, 11) is -2.27. The van der Waals surface area contributed by atoms with Crippen molar-refractivity contribution < 1.29 is 14.7 Å². The normalized spacial score (nSPS) is 9.00. The van der Waals surface area contributed by atoms with Gasteiger partial charge in [0.15, 0.2) is 0 Å². The molecule has 0 aliphatic carbocycles. The lowest BCUT2D eigenvalue weighted by Gasteiger charge is -2.25. The second-order valence-corrected chi connectivity index (χ2v) is 1.60. The standard InChI is InChI=1S/C5H4BNO3/c8-6(9)10-5-2-1-3-7-4-5/h1-4H/q-2. The number of rotatable bonds is 2. The van der Waals surface area contributed by atoms with Crippen LogP contribution in [0.3, 0.4) is 0 Å². The summed E-state index contributed by atoms with van der Waals surface area (Å²) < 4.78 is 4.24. The van der Waals surface area contributed by atoms with Gasteiger partial charge in [-0.1, -0.05) is 0 Å². The van der Waals surface area contributed by atoms with E-state index in [2.05, 4.69) is 9.64 Å². The smallest absolute Gasteiger partial charge is 0.133 e. The van der Waals surface area contributed by atoms with E-state index in [1.165, 1.54) is 18.5 Å². The second-order valence-electron chi connectivity index (χ2n) is 1.60. The van der Waals surface area contributed by atoms with E-state index in [-0.39, 0.29) is 5.75 Å². The van der Waals surface area contributed by atoms with Gasteiger partial charge in [0.05, 0.1) is 6.20 Å². The van der Waals surface area contributed by atoms with Crippen LogP contribution in [0.4, 0.5) is 0 Å². The summed E-state index contributed by atoms with van der Waals surface area (Å²) in [6.07, 6.45) is 2.83. The molecule has 10 heavy (non-hydrogen) atoms. The maximum absolute atomic E-state index is 9.89. The minimum Gasteiger partial charge on any atom is -0.860 e. The van der Waals surface area contributed by atoms with E-state index in [0.717, 1.165) is 0 Å². The van der Waals surface area contributed by atoms with Crippen molar-refractivity contribution >= 4 is 7.32 Å². The Labute approximate surface area is 58.3 Å². The molecular formula is C5H4BNO3-2. The van der Waals surface area contributed by atoms with Crippen LogP contribution < -0.4 is 14.7 Å². The Morgan fingerprint density at radius 1 is 1.50 bits per heavy atom. The molecule has 0 saturated heterocycles. The lowest BCUT2D eigenvalue weighted by atomic mass is 10.2. The molecule has 4 nitrogen and oxygen atoms in total. The lowest BCUT2D eigenvalue weighted by molar-refractivity contribution is -0.372. The summed E-state index contributed by atoms with van der Waals surface area (Å²) >= 11 is 0. The molecule has 0 atom stereocenters. The Morgan fingerprint density at radius 2 is 2.30 bits per heavy atom. The number of aromatic nitrogens is 1. The molecule has 0 radical (unpaired) electrons. The molecule has 0 saturated carbocycles. The summed E-state index contributed by atoms with van der Waals surface area (Å²) in [6.45, 7) is 0. The van der Waals surface area contributed by atoms with Gasteiger partial charge in [0.2, 0.25) is 0 Å². The van der Waals surface area contributed by atoms with Gasteiger partial charge in [-0.05, 0) is 12.1 Å². The van der Waals surface area contributed by atoms with Crippen LogP contribution in [0.5, 0.6) is 5.75 Å². The summed E-state index contributed by atoms with van der Waals surface area (Å²) in [4.78, 5) is 3.63. The third kappa shape index (κ3) is 2.04. The Morgan fingerprint density at radius 3 is 2.80 bits per heavy atom. The molecule has 1 aromatic heterocycles. The molecular weight excluding hydrogens is 133 g/mol. The van der Waals surface area contributed by atoms with Gasteiger partial charge in [0.1, 0.15) is 13.1 Å². The van der Waals surface area contributed by atoms with Crippen molar-refractivity contribution in [2.75, 3.05) is 0 Å². The summed E-state index contributed by atoms with van der Waals surface area (Å²) in [5.41, 5.74) is 0. The van der Waals surface area contributed by atoms with Crippen LogP contribution in [-0.2, 0) is 0 Å². The zero-order valence-electron chi connectivity index (χ0n) is 5.06. The van der Waals surface area contributed by atoms with Gasteiger partial charge >= 0.3 is 0 Å². The highest BCUT2D eigenvalue weighted by molar-refractivity contribution is 6.29. The Hall–Kier alpha value is -1.07. The predicted octanol–water partition coefficient (Wildman–Crippen LogP) is -1.83. The highest BCUT2D eigenvalue weighted by Crippen LogP contribution is 2.04. The lowest BCUT2D eigenvalue weighted by Crippen LogP contribution is -2.50. The molecule has 52 valence electrons. The van der Waals surface area contributed by atoms with Crippen molar-refractivity contribution in [3.63, 3.8) is 0 Å². The van der Waals surface area contributed by atoms with Gasteiger partial charge in [0.25, 0.3) is 0 Å². The first-order chi connectivity index (χ1) is 4.79. The van der Waals surface area contributed by atoms with Crippen LogP contribution in [-0.4, -0.2) is 12.3 Å². The van der Waals surface area contributed by atoms with E-state index in [0.29, 0.717) is 0 Å². The summed E-state index contributed by atoms with van der Waals surface area (Å²) in [6, 6.07) is 3.08. The maximum atomic E-state index is 9.89. The maximum Gasteiger partial charge on any atom is 0.133 e. The molecule has 1 aromatic rings. The molecule has 0 fully saturated rings. The molecule has 0 unspecified atom stereocenters. The fourth-order valence-corrected chi connectivity index (χ4v) is 0.528. The first-order valence-electron chi connectivity index (χ1n) is 2.67. The van der Waals surface area contributed by atoms with E-state index < -0.39 is 7.32 Å². The molecule has 0 aliphatic heterocycles. The Kier molecular flexibility index (Phi) is 2.25. The van der Waals surface area contributed by atoms with Gasteiger partial charge in [-0.15, -0.1) is 0 Å². The van der Waals surface area contributed by atoms with Gasteiger partial charge in [-0.2, -0.15) is 0 Å². The highest BCUT2D eigenvalue weighted by atomic mass is 16.6. The van der Waals surface area contributed by atoms with Gasteiger partial charge in [0, 0.05) is 6.20 Å².